The molecule has 21 heavy (non-hydrogen) atoms. The van der Waals surface area contributed by atoms with Crippen molar-refractivity contribution >= 4 is 17.6 Å². The Bertz CT molecular complexity index is 548. The molecule has 0 spiro atoms. The third-order valence-electron chi connectivity index (χ3n) is 3.49. The van der Waals surface area contributed by atoms with E-state index in [-0.39, 0.29) is 18.2 Å². The summed E-state index contributed by atoms with van der Waals surface area (Å²) in [7, 11) is 1.29. The van der Waals surface area contributed by atoms with Crippen LogP contribution >= 0.6 is 0 Å². The predicted octanol–water partition coefficient (Wildman–Crippen LogP) is 2.40. The maximum atomic E-state index is 12.6. The Morgan fingerprint density at radius 2 is 1.95 bits per heavy atom. The zero-order valence-corrected chi connectivity index (χ0v) is 12.0. The smallest absolute Gasteiger partial charge is 0.325 e. The molecule has 112 valence electrons. The molecule has 0 radical (unpaired) electrons. The number of hydrogen-bond acceptors (Lipinski definition) is 4. The first-order valence-electron chi connectivity index (χ1n) is 6.98. The first kappa shape index (κ1) is 15.1. The molecule has 0 fully saturated rings. The van der Waals surface area contributed by atoms with Gasteiger partial charge >= 0.3 is 5.97 Å². The third kappa shape index (κ3) is 3.84. The number of ether oxygens (including phenoxy) is 1. The van der Waals surface area contributed by atoms with Crippen LogP contribution in [0.3, 0.4) is 0 Å². The van der Waals surface area contributed by atoms with Crippen LogP contribution in [0, 0.1) is 0 Å². The monoisotopic (exact) mass is 289 g/mol. The average molecular weight is 289 g/mol. The molecule has 5 nitrogen and oxygen atoms in total. The van der Waals surface area contributed by atoms with E-state index in [1.54, 1.807) is 12.1 Å². The highest BCUT2D eigenvalue weighted by Gasteiger charge is 2.23. The van der Waals surface area contributed by atoms with E-state index in [1.807, 2.05) is 6.08 Å². The molecule has 1 aliphatic rings. The Morgan fingerprint density at radius 3 is 2.52 bits per heavy atom. The molecule has 0 aliphatic heterocycles. The Balaban J connectivity index is 2.26. The second-order valence-corrected chi connectivity index (χ2v) is 4.96. The molecule has 0 saturated carbocycles. The summed E-state index contributed by atoms with van der Waals surface area (Å²) in [6, 6.07) is 6.20. The van der Waals surface area contributed by atoms with Gasteiger partial charge < -0.3 is 9.84 Å². The van der Waals surface area contributed by atoms with E-state index in [1.165, 1.54) is 24.1 Å². The van der Waals surface area contributed by atoms with Crippen LogP contribution in [0.1, 0.15) is 25.7 Å². The normalized spacial score (nSPS) is 14.2. The van der Waals surface area contributed by atoms with E-state index in [2.05, 4.69) is 4.74 Å². The number of esters is 1. The fourth-order valence-electron chi connectivity index (χ4n) is 2.31. The summed E-state index contributed by atoms with van der Waals surface area (Å²) in [5, 5.41) is 9.35. The molecule has 0 saturated heterocycles. The van der Waals surface area contributed by atoms with Gasteiger partial charge in [-0.2, -0.15) is 0 Å². The molecule has 0 bridgehead atoms. The number of aromatic hydroxyl groups is 1. The first-order valence-corrected chi connectivity index (χ1v) is 6.98. The molecule has 1 aromatic carbocycles. The van der Waals surface area contributed by atoms with Gasteiger partial charge in [0.25, 0.3) is 5.91 Å². The Kier molecular flexibility index (Phi) is 4.98. The molecule has 0 heterocycles. The van der Waals surface area contributed by atoms with Crippen molar-refractivity contribution in [1.29, 1.82) is 0 Å². The van der Waals surface area contributed by atoms with E-state index in [0.717, 1.165) is 31.3 Å². The van der Waals surface area contributed by atoms with E-state index < -0.39 is 5.97 Å². The number of methoxy groups -OCH3 is 1. The van der Waals surface area contributed by atoms with Gasteiger partial charge in [-0.3, -0.25) is 14.5 Å². The number of nitrogens with zero attached hydrogens (tertiary/aromatic N) is 1. The zero-order valence-electron chi connectivity index (χ0n) is 12.0. The molecule has 1 N–H and O–H groups in total. The second kappa shape index (κ2) is 6.92. The van der Waals surface area contributed by atoms with Gasteiger partial charge in [-0.15, -0.1) is 0 Å². The number of rotatable bonds is 4. The van der Waals surface area contributed by atoms with E-state index in [0.29, 0.717) is 5.69 Å². The van der Waals surface area contributed by atoms with Crippen LogP contribution in [0.25, 0.3) is 0 Å². The van der Waals surface area contributed by atoms with E-state index >= 15 is 0 Å². The minimum absolute atomic E-state index is 0.112. The topological polar surface area (TPSA) is 66.8 Å². The second-order valence-electron chi connectivity index (χ2n) is 4.96. The summed E-state index contributed by atoms with van der Waals surface area (Å²) in [5.41, 5.74) is 1.30. The number of phenols is 1. The number of phenolic OH excluding ortho intramolecular Hbond substituents is 1. The molecule has 0 unspecified atom stereocenters. The minimum Gasteiger partial charge on any atom is -0.508 e. The van der Waals surface area contributed by atoms with Crippen molar-refractivity contribution in [3.05, 3.63) is 35.9 Å². The van der Waals surface area contributed by atoms with Crippen molar-refractivity contribution in [2.24, 2.45) is 0 Å². The lowest BCUT2D eigenvalue weighted by molar-refractivity contribution is -0.139. The predicted molar refractivity (Wildman–Crippen MR) is 79.0 cm³/mol. The maximum Gasteiger partial charge on any atom is 0.325 e. The van der Waals surface area contributed by atoms with Crippen LogP contribution in [0.2, 0.25) is 0 Å². The van der Waals surface area contributed by atoms with Crippen LogP contribution < -0.4 is 4.90 Å². The number of carbonyl (C=O) groups excluding carboxylic acids is 2. The van der Waals surface area contributed by atoms with Crippen molar-refractivity contribution in [2.75, 3.05) is 18.6 Å². The maximum absolute atomic E-state index is 12.6. The summed E-state index contributed by atoms with van der Waals surface area (Å²) < 4.78 is 4.66. The van der Waals surface area contributed by atoms with Gasteiger partial charge in [0.05, 0.1) is 7.11 Å². The highest BCUT2D eigenvalue weighted by molar-refractivity contribution is 6.07. The number of hydrogen-bond donors (Lipinski definition) is 1. The lowest BCUT2D eigenvalue weighted by Crippen LogP contribution is -2.37. The molecular formula is C16H19NO4. The summed E-state index contributed by atoms with van der Waals surface area (Å²) in [5.74, 6) is -0.542. The van der Waals surface area contributed by atoms with Crippen LogP contribution in [0.5, 0.6) is 5.75 Å². The highest BCUT2D eigenvalue weighted by atomic mass is 16.5. The largest absolute Gasteiger partial charge is 0.508 e. The third-order valence-corrected chi connectivity index (χ3v) is 3.49. The summed E-state index contributed by atoms with van der Waals surface area (Å²) in [6.45, 7) is -0.141. The molecule has 0 aromatic heterocycles. The van der Waals surface area contributed by atoms with Crippen LogP contribution in [-0.2, 0) is 14.3 Å². The average Bonchev–Trinajstić information content (AvgIpc) is 2.53. The molecule has 0 atom stereocenters. The van der Waals surface area contributed by atoms with E-state index in [4.69, 9.17) is 0 Å². The SMILES string of the molecule is COC(=O)CN(C(=O)C1=CCCCC1)c1ccc(O)cc1. The number of anilines is 1. The van der Waals surface area contributed by atoms with Crippen LogP contribution in [0.4, 0.5) is 5.69 Å². The summed E-state index contributed by atoms with van der Waals surface area (Å²) in [6.07, 6.45) is 5.64. The number of allylic oxidation sites excluding steroid dienone is 1. The van der Waals surface area contributed by atoms with Crippen molar-refractivity contribution in [3.63, 3.8) is 0 Å². The number of benzene rings is 1. The lowest BCUT2D eigenvalue weighted by atomic mass is 9.98. The number of amides is 1. The van der Waals surface area contributed by atoms with Gasteiger partial charge in [-0.1, -0.05) is 6.08 Å². The van der Waals surface area contributed by atoms with Crippen LogP contribution in [0.15, 0.2) is 35.9 Å². The van der Waals surface area contributed by atoms with Gasteiger partial charge in [0.2, 0.25) is 0 Å². The fraction of sp³-hybridized carbons (Fsp3) is 0.375. The molecule has 1 aromatic rings. The Labute approximate surface area is 123 Å². The quantitative estimate of drug-likeness (QED) is 0.864. The van der Waals surface area contributed by atoms with Crippen LogP contribution in [-0.4, -0.2) is 30.6 Å². The lowest BCUT2D eigenvalue weighted by Gasteiger charge is -2.24. The summed E-state index contributed by atoms with van der Waals surface area (Å²) >= 11 is 0. The van der Waals surface area contributed by atoms with Crippen molar-refractivity contribution in [3.8, 4) is 5.75 Å². The van der Waals surface area contributed by atoms with Gasteiger partial charge in [0.1, 0.15) is 12.3 Å². The molecule has 2 rings (SSSR count). The minimum atomic E-state index is -0.479. The van der Waals surface area contributed by atoms with Gasteiger partial charge in [0, 0.05) is 11.3 Å². The van der Waals surface area contributed by atoms with Crippen molar-refractivity contribution < 1.29 is 19.4 Å². The molecule has 1 amide bonds. The van der Waals surface area contributed by atoms with E-state index in [9.17, 15) is 14.7 Å². The van der Waals surface area contributed by atoms with Crippen molar-refractivity contribution in [2.45, 2.75) is 25.7 Å². The fourth-order valence-corrected chi connectivity index (χ4v) is 2.31. The molecule has 1 aliphatic carbocycles. The molecular weight excluding hydrogens is 270 g/mol. The highest BCUT2D eigenvalue weighted by Crippen LogP contribution is 2.24. The zero-order chi connectivity index (χ0) is 15.2. The molecule has 5 heteroatoms. The summed E-state index contributed by atoms with van der Waals surface area (Å²) in [4.78, 5) is 25.6. The van der Waals surface area contributed by atoms with Crippen molar-refractivity contribution in [1.82, 2.24) is 0 Å². The number of carbonyl (C=O) groups is 2. The standard InChI is InChI=1S/C16H19NO4/c1-21-15(19)11-17(13-7-9-14(18)10-8-13)16(20)12-5-3-2-4-6-12/h5,7-10,18H,2-4,6,11H2,1H3. The Morgan fingerprint density at radius 1 is 1.24 bits per heavy atom. The Hall–Kier alpha value is -2.30. The van der Waals surface area contributed by atoms with Gasteiger partial charge in [0.15, 0.2) is 0 Å². The first-order chi connectivity index (χ1) is 10.1. The van der Waals surface area contributed by atoms with Gasteiger partial charge in [-0.25, -0.2) is 0 Å². The van der Waals surface area contributed by atoms with Gasteiger partial charge in [-0.05, 0) is 49.9 Å².